The predicted molar refractivity (Wildman–Crippen MR) is 62.5 cm³/mol. The van der Waals surface area contributed by atoms with E-state index in [-0.39, 0.29) is 5.91 Å². The van der Waals surface area contributed by atoms with Gasteiger partial charge in [-0.25, -0.2) is 0 Å². The molecular weight excluding hydrogens is 204 g/mol. The van der Waals surface area contributed by atoms with Gasteiger partial charge >= 0.3 is 0 Å². The number of furan rings is 1. The molecule has 0 unspecified atom stereocenters. The molecular formula is C12H14N2O2. The summed E-state index contributed by atoms with van der Waals surface area (Å²) in [6, 6.07) is 7.50. The number of benzene rings is 1. The van der Waals surface area contributed by atoms with E-state index in [1.54, 1.807) is 0 Å². The fraction of sp³-hybridized carbons (Fsp3) is 0.250. The van der Waals surface area contributed by atoms with E-state index in [1.165, 1.54) is 6.26 Å². The Labute approximate surface area is 93.6 Å². The standard InChI is InChI=1S/C12H14N2O2/c1-13-6-7-14-12(15)10-8-16-11-5-3-2-4-9(10)11/h2-5,8,13H,6-7H2,1H3,(H,14,15). The Balaban J connectivity index is 2.17. The second-order valence-electron chi connectivity index (χ2n) is 3.50. The number of para-hydroxylation sites is 1. The molecule has 0 radical (unpaired) electrons. The fourth-order valence-electron chi connectivity index (χ4n) is 1.55. The summed E-state index contributed by atoms with van der Waals surface area (Å²) < 4.78 is 5.30. The van der Waals surface area contributed by atoms with Crippen molar-refractivity contribution in [1.29, 1.82) is 0 Å². The van der Waals surface area contributed by atoms with Crippen molar-refractivity contribution in [3.05, 3.63) is 36.1 Å². The summed E-state index contributed by atoms with van der Waals surface area (Å²) in [6.45, 7) is 1.36. The molecule has 2 N–H and O–H groups in total. The van der Waals surface area contributed by atoms with Gasteiger partial charge in [0.25, 0.3) is 5.91 Å². The third-order valence-corrected chi connectivity index (χ3v) is 2.39. The average molecular weight is 218 g/mol. The van der Waals surface area contributed by atoms with Crippen molar-refractivity contribution in [2.24, 2.45) is 0 Å². The Morgan fingerprint density at radius 1 is 1.31 bits per heavy atom. The summed E-state index contributed by atoms with van der Waals surface area (Å²) >= 11 is 0. The van der Waals surface area contributed by atoms with Gasteiger partial charge in [0.2, 0.25) is 0 Å². The van der Waals surface area contributed by atoms with Gasteiger partial charge in [0, 0.05) is 18.5 Å². The van der Waals surface area contributed by atoms with Gasteiger partial charge in [-0.05, 0) is 13.1 Å². The van der Waals surface area contributed by atoms with Crippen LogP contribution in [0.5, 0.6) is 0 Å². The Morgan fingerprint density at radius 2 is 2.12 bits per heavy atom. The Hall–Kier alpha value is -1.81. The van der Waals surface area contributed by atoms with Crippen LogP contribution in [-0.2, 0) is 0 Å². The van der Waals surface area contributed by atoms with Crippen LogP contribution in [0.4, 0.5) is 0 Å². The number of amides is 1. The van der Waals surface area contributed by atoms with Gasteiger partial charge < -0.3 is 15.1 Å². The van der Waals surface area contributed by atoms with Crippen LogP contribution < -0.4 is 10.6 Å². The molecule has 0 aliphatic heterocycles. The van der Waals surface area contributed by atoms with Crippen LogP contribution in [0.3, 0.4) is 0 Å². The van der Waals surface area contributed by atoms with E-state index in [0.717, 1.165) is 17.5 Å². The molecule has 4 nitrogen and oxygen atoms in total. The molecule has 0 bridgehead atoms. The minimum absolute atomic E-state index is 0.0970. The van der Waals surface area contributed by atoms with Crippen molar-refractivity contribution in [2.75, 3.05) is 20.1 Å². The van der Waals surface area contributed by atoms with Crippen molar-refractivity contribution in [1.82, 2.24) is 10.6 Å². The minimum atomic E-state index is -0.0970. The highest BCUT2D eigenvalue weighted by atomic mass is 16.3. The molecule has 16 heavy (non-hydrogen) atoms. The van der Waals surface area contributed by atoms with Crippen molar-refractivity contribution < 1.29 is 9.21 Å². The van der Waals surface area contributed by atoms with E-state index >= 15 is 0 Å². The van der Waals surface area contributed by atoms with E-state index < -0.39 is 0 Å². The summed E-state index contributed by atoms with van der Waals surface area (Å²) in [5.74, 6) is -0.0970. The number of rotatable bonds is 4. The van der Waals surface area contributed by atoms with Crippen LogP contribution in [0, 0.1) is 0 Å². The summed E-state index contributed by atoms with van der Waals surface area (Å²) in [4.78, 5) is 11.8. The number of fused-ring (bicyclic) bond motifs is 1. The first-order valence-corrected chi connectivity index (χ1v) is 5.22. The highest BCUT2D eigenvalue weighted by Gasteiger charge is 2.12. The highest BCUT2D eigenvalue weighted by molar-refractivity contribution is 6.05. The summed E-state index contributed by atoms with van der Waals surface area (Å²) in [5, 5.41) is 6.64. The lowest BCUT2D eigenvalue weighted by Gasteiger charge is -2.02. The fourth-order valence-corrected chi connectivity index (χ4v) is 1.55. The molecule has 0 saturated carbocycles. The molecule has 0 aliphatic carbocycles. The quantitative estimate of drug-likeness (QED) is 0.762. The normalized spacial score (nSPS) is 10.6. The van der Waals surface area contributed by atoms with Gasteiger partial charge in [-0.3, -0.25) is 4.79 Å². The molecule has 1 aromatic carbocycles. The van der Waals surface area contributed by atoms with Crippen molar-refractivity contribution >= 4 is 16.9 Å². The smallest absolute Gasteiger partial charge is 0.255 e. The van der Waals surface area contributed by atoms with Crippen LogP contribution in [0.2, 0.25) is 0 Å². The number of likely N-dealkylation sites (N-methyl/N-ethyl adjacent to an activating group) is 1. The lowest BCUT2D eigenvalue weighted by Crippen LogP contribution is -2.30. The summed E-state index contributed by atoms with van der Waals surface area (Å²) in [5.41, 5.74) is 1.33. The van der Waals surface area contributed by atoms with E-state index in [0.29, 0.717) is 12.1 Å². The van der Waals surface area contributed by atoms with Crippen molar-refractivity contribution in [3.8, 4) is 0 Å². The topological polar surface area (TPSA) is 54.3 Å². The van der Waals surface area contributed by atoms with E-state index in [2.05, 4.69) is 10.6 Å². The zero-order chi connectivity index (χ0) is 11.4. The maximum atomic E-state index is 11.8. The molecule has 0 fully saturated rings. The summed E-state index contributed by atoms with van der Waals surface area (Å²) in [7, 11) is 1.85. The molecule has 2 rings (SSSR count). The van der Waals surface area contributed by atoms with Crippen LogP contribution in [0.15, 0.2) is 34.9 Å². The van der Waals surface area contributed by atoms with Gasteiger partial charge in [-0.15, -0.1) is 0 Å². The second-order valence-corrected chi connectivity index (χ2v) is 3.50. The molecule has 1 aromatic heterocycles. The number of hydrogen-bond donors (Lipinski definition) is 2. The Bertz CT molecular complexity index is 490. The van der Waals surface area contributed by atoms with E-state index in [1.807, 2.05) is 31.3 Å². The van der Waals surface area contributed by atoms with Crippen LogP contribution in [0.25, 0.3) is 11.0 Å². The van der Waals surface area contributed by atoms with Gasteiger partial charge in [-0.2, -0.15) is 0 Å². The van der Waals surface area contributed by atoms with Crippen LogP contribution in [0.1, 0.15) is 10.4 Å². The maximum absolute atomic E-state index is 11.8. The van der Waals surface area contributed by atoms with Gasteiger partial charge in [-0.1, -0.05) is 18.2 Å². The molecule has 1 amide bonds. The first kappa shape index (κ1) is 10.7. The van der Waals surface area contributed by atoms with Crippen LogP contribution in [-0.4, -0.2) is 26.0 Å². The first-order valence-electron chi connectivity index (χ1n) is 5.22. The van der Waals surface area contributed by atoms with Crippen LogP contribution >= 0.6 is 0 Å². The average Bonchev–Trinajstić information content (AvgIpc) is 2.73. The van der Waals surface area contributed by atoms with Gasteiger partial charge in [0.15, 0.2) is 0 Å². The van der Waals surface area contributed by atoms with E-state index in [9.17, 15) is 4.79 Å². The molecule has 0 aliphatic rings. The second kappa shape index (κ2) is 4.81. The number of hydrogen-bond acceptors (Lipinski definition) is 3. The highest BCUT2D eigenvalue weighted by Crippen LogP contribution is 2.20. The summed E-state index contributed by atoms with van der Waals surface area (Å²) in [6.07, 6.45) is 1.50. The molecule has 1 heterocycles. The molecule has 4 heteroatoms. The molecule has 84 valence electrons. The first-order chi connectivity index (χ1) is 7.83. The zero-order valence-electron chi connectivity index (χ0n) is 9.12. The monoisotopic (exact) mass is 218 g/mol. The van der Waals surface area contributed by atoms with Crippen molar-refractivity contribution in [2.45, 2.75) is 0 Å². The van der Waals surface area contributed by atoms with Crippen molar-refractivity contribution in [3.63, 3.8) is 0 Å². The molecule has 0 atom stereocenters. The Morgan fingerprint density at radius 3 is 2.94 bits per heavy atom. The zero-order valence-corrected chi connectivity index (χ0v) is 9.12. The largest absolute Gasteiger partial charge is 0.463 e. The lowest BCUT2D eigenvalue weighted by atomic mass is 10.1. The predicted octanol–water partition coefficient (Wildman–Crippen LogP) is 1.38. The SMILES string of the molecule is CNCCNC(=O)c1coc2ccccc12. The third-order valence-electron chi connectivity index (χ3n) is 2.39. The van der Waals surface area contributed by atoms with Gasteiger partial charge in [0.1, 0.15) is 11.8 Å². The number of carbonyl (C=O) groups excluding carboxylic acids is 1. The third kappa shape index (κ3) is 2.06. The number of nitrogens with one attached hydrogen (secondary N) is 2. The lowest BCUT2D eigenvalue weighted by molar-refractivity contribution is 0.0955. The minimum Gasteiger partial charge on any atom is -0.463 e. The molecule has 0 saturated heterocycles. The molecule has 0 spiro atoms. The van der Waals surface area contributed by atoms with Gasteiger partial charge in [0.05, 0.1) is 5.56 Å². The Kier molecular flexibility index (Phi) is 3.22. The molecule has 2 aromatic rings. The van der Waals surface area contributed by atoms with E-state index in [4.69, 9.17) is 4.42 Å². The number of carbonyl (C=O) groups is 1. The maximum Gasteiger partial charge on any atom is 0.255 e.